The van der Waals surface area contributed by atoms with Crippen molar-refractivity contribution >= 4 is 15.9 Å². The van der Waals surface area contributed by atoms with E-state index in [1.807, 2.05) is 33.3 Å². The number of rotatable bonds is 3. The first kappa shape index (κ1) is 12.2. The maximum Gasteiger partial charge on any atom is 0.250 e. The summed E-state index contributed by atoms with van der Waals surface area (Å²) in [7, 11) is 1.89. The maximum absolute atomic E-state index is 4.38. The number of nitrogens with zero attached hydrogens (tertiary/aromatic N) is 4. The zero-order valence-corrected chi connectivity index (χ0v) is 11.6. The Kier molecular flexibility index (Phi) is 3.54. The third-order valence-corrected chi connectivity index (χ3v) is 3.61. The number of hydrogen-bond donors (Lipinski definition) is 1. The lowest BCUT2D eigenvalue weighted by Gasteiger charge is -2.03. The van der Waals surface area contributed by atoms with Gasteiger partial charge in [-0.3, -0.25) is 0 Å². The minimum atomic E-state index is 0.594. The van der Waals surface area contributed by atoms with Crippen molar-refractivity contribution in [2.24, 2.45) is 0 Å². The fourth-order valence-electron chi connectivity index (χ4n) is 1.57. The Labute approximate surface area is 108 Å². The fourth-order valence-corrected chi connectivity index (χ4v) is 1.82. The summed E-state index contributed by atoms with van der Waals surface area (Å²) >= 11 is 3.49. The molecule has 0 radical (unpaired) electrons. The van der Waals surface area contributed by atoms with E-state index in [4.69, 9.17) is 0 Å². The number of nitrogens with one attached hydrogen (secondary N) is 1. The first-order valence-corrected chi connectivity index (χ1v) is 6.10. The summed E-state index contributed by atoms with van der Waals surface area (Å²) < 4.78 is 2.74. The van der Waals surface area contributed by atoms with E-state index in [1.54, 1.807) is 4.68 Å². The lowest BCUT2D eigenvalue weighted by molar-refractivity contribution is 0.755. The first-order chi connectivity index (χ1) is 8.13. The van der Waals surface area contributed by atoms with Crippen LogP contribution in [0.15, 0.2) is 16.9 Å². The number of hydrogen-bond acceptors (Lipinski definition) is 4. The molecule has 0 spiro atoms. The van der Waals surface area contributed by atoms with E-state index in [1.165, 1.54) is 0 Å². The summed E-state index contributed by atoms with van der Waals surface area (Å²) in [5.74, 6) is 0.594. The Hall–Kier alpha value is -1.27. The highest BCUT2D eigenvalue weighted by Crippen LogP contribution is 2.21. The van der Waals surface area contributed by atoms with E-state index in [-0.39, 0.29) is 0 Å². The van der Waals surface area contributed by atoms with Gasteiger partial charge in [-0.1, -0.05) is 0 Å². The average Bonchev–Trinajstić information content (AvgIpc) is 2.59. The van der Waals surface area contributed by atoms with Gasteiger partial charge in [-0.15, -0.1) is 0 Å². The molecule has 0 aromatic carbocycles. The molecule has 2 heterocycles. The van der Waals surface area contributed by atoms with Crippen LogP contribution in [-0.2, 0) is 6.54 Å². The van der Waals surface area contributed by atoms with E-state index in [9.17, 15) is 0 Å². The predicted molar refractivity (Wildman–Crippen MR) is 69.1 cm³/mol. The Bertz CT molecular complexity index is 517. The third-order valence-electron chi connectivity index (χ3n) is 2.47. The summed E-state index contributed by atoms with van der Waals surface area (Å²) in [6, 6.07) is 0. The van der Waals surface area contributed by atoms with Gasteiger partial charge in [0.1, 0.15) is 0 Å². The summed E-state index contributed by atoms with van der Waals surface area (Å²) in [6.45, 7) is 4.69. The Morgan fingerprint density at radius 3 is 2.41 bits per heavy atom. The van der Waals surface area contributed by atoms with Crippen LogP contribution in [0.25, 0.3) is 5.95 Å². The van der Waals surface area contributed by atoms with Crippen molar-refractivity contribution in [1.29, 1.82) is 0 Å². The minimum Gasteiger partial charge on any atom is -0.316 e. The van der Waals surface area contributed by atoms with Gasteiger partial charge in [-0.25, -0.2) is 14.6 Å². The Balaban J connectivity index is 2.36. The molecule has 5 nitrogen and oxygen atoms in total. The van der Waals surface area contributed by atoms with Gasteiger partial charge in [0.05, 0.1) is 15.9 Å². The molecular formula is C11H14BrN5. The molecule has 1 N–H and O–H groups in total. The largest absolute Gasteiger partial charge is 0.316 e. The summed E-state index contributed by atoms with van der Waals surface area (Å²) in [4.78, 5) is 8.62. The molecule has 2 aromatic heterocycles. The number of aryl methyl sites for hydroxylation is 1. The third kappa shape index (κ3) is 2.37. The molecule has 6 heteroatoms. The maximum atomic E-state index is 4.38. The van der Waals surface area contributed by atoms with Crippen molar-refractivity contribution in [3.63, 3.8) is 0 Å². The van der Waals surface area contributed by atoms with Crippen LogP contribution in [0, 0.1) is 13.8 Å². The van der Waals surface area contributed by atoms with Crippen LogP contribution in [-0.4, -0.2) is 26.8 Å². The summed E-state index contributed by atoms with van der Waals surface area (Å²) in [6.07, 6.45) is 3.62. The lowest BCUT2D eigenvalue weighted by Crippen LogP contribution is -2.09. The van der Waals surface area contributed by atoms with E-state index in [2.05, 4.69) is 36.3 Å². The van der Waals surface area contributed by atoms with Crippen LogP contribution in [0.3, 0.4) is 0 Å². The molecule has 0 saturated carbocycles. The minimum absolute atomic E-state index is 0.594. The summed E-state index contributed by atoms with van der Waals surface area (Å²) in [5, 5.41) is 7.44. The topological polar surface area (TPSA) is 55.6 Å². The molecule has 0 aliphatic rings. The molecule has 2 rings (SSSR count). The van der Waals surface area contributed by atoms with E-state index < -0.39 is 0 Å². The second-order valence-electron chi connectivity index (χ2n) is 3.82. The van der Waals surface area contributed by atoms with Crippen molar-refractivity contribution in [3.05, 3.63) is 33.8 Å². The molecule has 0 unspecified atom stereocenters. The van der Waals surface area contributed by atoms with Crippen LogP contribution >= 0.6 is 15.9 Å². The molecule has 0 amide bonds. The highest BCUT2D eigenvalue weighted by molar-refractivity contribution is 9.10. The van der Waals surface area contributed by atoms with Crippen LogP contribution < -0.4 is 5.32 Å². The molecule has 17 heavy (non-hydrogen) atoms. The molecule has 0 saturated heterocycles. The molecular weight excluding hydrogens is 282 g/mol. The second kappa shape index (κ2) is 4.93. The molecule has 0 aliphatic heterocycles. The summed E-state index contributed by atoms with van der Waals surface area (Å²) in [5.41, 5.74) is 2.99. The van der Waals surface area contributed by atoms with Crippen molar-refractivity contribution in [2.75, 3.05) is 7.05 Å². The van der Waals surface area contributed by atoms with Crippen molar-refractivity contribution < 1.29 is 0 Å². The molecule has 2 aromatic rings. The number of halogens is 1. The van der Waals surface area contributed by atoms with Crippen LogP contribution in [0.4, 0.5) is 0 Å². The highest BCUT2D eigenvalue weighted by atomic mass is 79.9. The molecule has 0 fully saturated rings. The van der Waals surface area contributed by atoms with E-state index in [0.29, 0.717) is 5.95 Å². The zero-order valence-electron chi connectivity index (χ0n) is 10.0. The Morgan fingerprint density at radius 2 is 1.94 bits per heavy atom. The normalized spacial score (nSPS) is 10.8. The van der Waals surface area contributed by atoms with Crippen LogP contribution in [0.5, 0.6) is 0 Å². The van der Waals surface area contributed by atoms with Gasteiger partial charge in [0, 0.05) is 24.5 Å². The first-order valence-electron chi connectivity index (χ1n) is 5.31. The van der Waals surface area contributed by atoms with E-state index in [0.717, 1.165) is 28.0 Å². The van der Waals surface area contributed by atoms with Crippen molar-refractivity contribution in [3.8, 4) is 5.95 Å². The van der Waals surface area contributed by atoms with Crippen LogP contribution in [0.2, 0.25) is 0 Å². The predicted octanol–water partition coefficient (Wildman–Crippen LogP) is 1.76. The highest BCUT2D eigenvalue weighted by Gasteiger charge is 2.11. The van der Waals surface area contributed by atoms with Crippen LogP contribution in [0.1, 0.15) is 17.0 Å². The zero-order chi connectivity index (χ0) is 12.4. The smallest absolute Gasteiger partial charge is 0.250 e. The lowest BCUT2D eigenvalue weighted by atomic mass is 10.3. The quantitative estimate of drug-likeness (QED) is 0.937. The molecule has 0 bridgehead atoms. The van der Waals surface area contributed by atoms with Gasteiger partial charge in [0.25, 0.3) is 5.95 Å². The van der Waals surface area contributed by atoms with Gasteiger partial charge in [0.15, 0.2) is 0 Å². The van der Waals surface area contributed by atoms with Crippen molar-refractivity contribution in [2.45, 2.75) is 20.4 Å². The monoisotopic (exact) mass is 295 g/mol. The molecule has 0 aliphatic carbocycles. The van der Waals surface area contributed by atoms with Crippen molar-refractivity contribution in [1.82, 2.24) is 25.1 Å². The standard InChI is InChI=1S/C11H14BrN5/c1-7-10(12)8(2)17(16-7)11-14-5-9(4-13-3)6-15-11/h5-6,13H,4H2,1-3H3. The molecule has 90 valence electrons. The second-order valence-corrected chi connectivity index (χ2v) is 4.61. The molecule has 0 atom stereocenters. The van der Waals surface area contributed by atoms with Gasteiger partial charge >= 0.3 is 0 Å². The number of aromatic nitrogens is 4. The van der Waals surface area contributed by atoms with Gasteiger partial charge in [-0.2, -0.15) is 5.10 Å². The van der Waals surface area contributed by atoms with Gasteiger partial charge in [0.2, 0.25) is 0 Å². The average molecular weight is 296 g/mol. The SMILES string of the molecule is CNCc1cnc(-n2nc(C)c(Br)c2C)nc1. The van der Waals surface area contributed by atoms with Gasteiger partial charge in [-0.05, 0) is 36.8 Å². The van der Waals surface area contributed by atoms with E-state index >= 15 is 0 Å². The Morgan fingerprint density at radius 1 is 1.29 bits per heavy atom. The fraction of sp³-hybridized carbons (Fsp3) is 0.364. The van der Waals surface area contributed by atoms with Gasteiger partial charge < -0.3 is 5.32 Å².